The van der Waals surface area contributed by atoms with Crippen LogP contribution in [-0.2, 0) is 0 Å². The smallest absolute Gasteiger partial charge is 0.164 e. The monoisotopic (exact) mass is 249 g/mol. The van der Waals surface area contributed by atoms with Crippen LogP contribution >= 0.6 is 0 Å². The van der Waals surface area contributed by atoms with E-state index in [1.807, 2.05) is 25.1 Å². The molecule has 0 saturated carbocycles. The Labute approximate surface area is 110 Å². The van der Waals surface area contributed by atoms with Gasteiger partial charge >= 0.3 is 0 Å². The Morgan fingerprint density at radius 3 is 2.50 bits per heavy atom. The number of hydrogen-bond acceptors (Lipinski definition) is 3. The molecule has 0 spiro atoms. The molecule has 1 N–H and O–H groups in total. The van der Waals surface area contributed by atoms with E-state index in [0.717, 1.165) is 16.9 Å². The van der Waals surface area contributed by atoms with Gasteiger partial charge in [0.15, 0.2) is 5.78 Å². The first kappa shape index (κ1) is 14.7. The third-order valence-corrected chi connectivity index (χ3v) is 2.72. The number of ether oxygens (including phenoxy) is 1. The van der Waals surface area contributed by atoms with Crippen molar-refractivity contribution in [2.75, 3.05) is 13.7 Å². The normalized spacial score (nSPS) is 11.4. The first-order valence-electron chi connectivity index (χ1n) is 6.26. The Hall–Kier alpha value is -1.35. The zero-order valence-corrected chi connectivity index (χ0v) is 12.0. The van der Waals surface area contributed by atoms with Crippen LogP contribution in [0.5, 0.6) is 5.75 Å². The van der Waals surface area contributed by atoms with Gasteiger partial charge in [-0.25, -0.2) is 0 Å². The summed E-state index contributed by atoms with van der Waals surface area (Å²) in [6, 6.07) is 5.56. The molecule has 0 saturated heterocycles. The number of methoxy groups -OCH3 is 1. The largest absolute Gasteiger partial charge is 0.496 e. The molecule has 3 heteroatoms. The molecule has 1 aromatic carbocycles. The van der Waals surface area contributed by atoms with E-state index in [1.165, 1.54) is 0 Å². The van der Waals surface area contributed by atoms with Crippen molar-refractivity contribution in [3.05, 3.63) is 29.3 Å². The lowest BCUT2D eigenvalue weighted by Crippen LogP contribution is -2.37. The van der Waals surface area contributed by atoms with Crippen LogP contribution in [0.1, 0.15) is 43.1 Å². The average Bonchev–Trinajstić information content (AvgIpc) is 2.27. The lowest BCUT2D eigenvalue weighted by molar-refractivity contribution is 0.0980. The van der Waals surface area contributed by atoms with E-state index >= 15 is 0 Å². The maximum absolute atomic E-state index is 12.0. The van der Waals surface area contributed by atoms with Crippen LogP contribution < -0.4 is 10.1 Å². The van der Waals surface area contributed by atoms with Gasteiger partial charge in [-0.05, 0) is 51.5 Å². The summed E-state index contributed by atoms with van der Waals surface area (Å²) >= 11 is 0. The third-order valence-electron chi connectivity index (χ3n) is 2.72. The molecule has 0 radical (unpaired) electrons. The molecule has 0 amide bonds. The highest BCUT2D eigenvalue weighted by molar-refractivity contribution is 5.96. The molecule has 0 fully saturated rings. The van der Waals surface area contributed by atoms with Gasteiger partial charge in [0.2, 0.25) is 0 Å². The van der Waals surface area contributed by atoms with Gasteiger partial charge in [-0.15, -0.1) is 0 Å². The van der Waals surface area contributed by atoms with Crippen molar-refractivity contribution in [2.24, 2.45) is 0 Å². The minimum atomic E-state index is 0.0517. The molecule has 3 nitrogen and oxygen atoms in total. The first-order valence-corrected chi connectivity index (χ1v) is 6.26. The van der Waals surface area contributed by atoms with E-state index in [2.05, 4.69) is 26.1 Å². The second kappa shape index (κ2) is 6.01. The standard InChI is InChI=1S/C15H23NO2/c1-11-10-12(6-7-14(11)18-5)13(17)8-9-16-15(2,3)4/h6-7,10,16H,8-9H2,1-5H3. The van der Waals surface area contributed by atoms with Crippen LogP contribution in [-0.4, -0.2) is 25.0 Å². The summed E-state index contributed by atoms with van der Waals surface area (Å²) in [6.07, 6.45) is 0.517. The minimum absolute atomic E-state index is 0.0517. The average molecular weight is 249 g/mol. The molecule has 0 unspecified atom stereocenters. The number of rotatable bonds is 5. The molecule has 0 aromatic heterocycles. The summed E-state index contributed by atoms with van der Waals surface area (Å²) < 4.78 is 5.18. The van der Waals surface area contributed by atoms with Crippen LogP contribution in [0.25, 0.3) is 0 Å². The molecule has 0 atom stereocenters. The second-order valence-corrected chi connectivity index (χ2v) is 5.53. The summed E-state index contributed by atoms with van der Waals surface area (Å²) in [4.78, 5) is 12.0. The van der Waals surface area contributed by atoms with Crippen LogP contribution in [0.4, 0.5) is 0 Å². The van der Waals surface area contributed by atoms with Crippen LogP contribution in [0.2, 0.25) is 0 Å². The van der Waals surface area contributed by atoms with Gasteiger partial charge in [-0.3, -0.25) is 4.79 Å². The SMILES string of the molecule is COc1ccc(C(=O)CCNC(C)(C)C)cc1C. The lowest BCUT2D eigenvalue weighted by Gasteiger charge is -2.20. The lowest BCUT2D eigenvalue weighted by atomic mass is 10.0. The van der Waals surface area contributed by atoms with E-state index in [-0.39, 0.29) is 11.3 Å². The van der Waals surface area contributed by atoms with Crippen LogP contribution in [0.15, 0.2) is 18.2 Å². The number of aryl methyl sites for hydroxylation is 1. The fourth-order valence-corrected chi connectivity index (χ4v) is 1.75. The van der Waals surface area contributed by atoms with Gasteiger partial charge in [-0.1, -0.05) is 0 Å². The molecule has 0 bridgehead atoms. The second-order valence-electron chi connectivity index (χ2n) is 5.53. The van der Waals surface area contributed by atoms with E-state index in [4.69, 9.17) is 4.74 Å². The van der Waals surface area contributed by atoms with Gasteiger partial charge < -0.3 is 10.1 Å². The third kappa shape index (κ3) is 4.49. The maximum atomic E-state index is 12.0. The number of carbonyl (C=O) groups is 1. The van der Waals surface area contributed by atoms with Crippen molar-refractivity contribution >= 4 is 5.78 Å². The number of nitrogens with one attached hydrogen (secondary N) is 1. The molecule has 1 aromatic rings. The van der Waals surface area contributed by atoms with Gasteiger partial charge in [0.1, 0.15) is 5.75 Å². The summed E-state index contributed by atoms with van der Waals surface area (Å²) in [5.74, 6) is 0.983. The topological polar surface area (TPSA) is 38.3 Å². The molecule has 0 aliphatic rings. The number of hydrogen-bond donors (Lipinski definition) is 1. The predicted molar refractivity (Wildman–Crippen MR) is 74.4 cm³/mol. The Balaban J connectivity index is 2.59. The highest BCUT2D eigenvalue weighted by atomic mass is 16.5. The van der Waals surface area contributed by atoms with Gasteiger partial charge in [0.05, 0.1) is 7.11 Å². The predicted octanol–water partition coefficient (Wildman–Crippen LogP) is 2.96. The van der Waals surface area contributed by atoms with Crippen molar-refractivity contribution in [3.8, 4) is 5.75 Å². The van der Waals surface area contributed by atoms with Crippen molar-refractivity contribution in [1.82, 2.24) is 5.32 Å². The van der Waals surface area contributed by atoms with Crippen molar-refractivity contribution in [2.45, 2.75) is 39.7 Å². The van der Waals surface area contributed by atoms with Gasteiger partial charge in [-0.2, -0.15) is 0 Å². The van der Waals surface area contributed by atoms with Gasteiger partial charge in [0.25, 0.3) is 0 Å². The van der Waals surface area contributed by atoms with Crippen molar-refractivity contribution in [3.63, 3.8) is 0 Å². The summed E-state index contributed by atoms with van der Waals surface area (Å²) in [6.45, 7) is 8.93. The fourth-order valence-electron chi connectivity index (χ4n) is 1.75. The first-order chi connectivity index (χ1) is 8.33. The van der Waals surface area contributed by atoms with E-state index in [9.17, 15) is 4.79 Å². The molecule has 18 heavy (non-hydrogen) atoms. The van der Waals surface area contributed by atoms with Crippen LogP contribution in [0.3, 0.4) is 0 Å². The number of Topliss-reactive ketones (excluding diaryl/α,β-unsaturated/α-hetero) is 1. The Morgan fingerprint density at radius 1 is 1.33 bits per heavy atom. The number of carbonyl (C=O) groups excluding carboxylic acids is 1. The molecule has 0 aliphatic heterocycles. The van der Waals surface area contributed by atoms with E-state index in [0.29, 0.717) is 13.0 Å². The maximum Gasteiger partial charge on any atom is 0.164 e. The highest BCUT2D eigenvalue weighted by Gasteiger charge is 2.11. The summed E-state index contributed by atoms with van der Waals surface area (Å²) in [5.41, 5.74) is 1.80. The molecule has 0 aliphatic carbocycles. The van der Waals surface area contributed by atoms with Crippen molar-refractivity contribution in [1.29, 1.82) is 0 Å². The summed E-state index contributed by atoms with van der Waals surface area (Å²) in [7, 11) is 1.64. The Bertz CT molecular complexity index is 419. The molecule has 1 rings (SSSR count). The number of ketones is 1. The fraction of sp³-hybridized carbons (Fsp3) is 0.533. The molecule has 0 heterocycles. The van der Waals surface area contributed by atoms with Crippen molar-refractivity contribution < 1.29 is 9.53 Å². The zero-order valence-electron chi connectivity index (χ0n) is 12.0. The summed E-state index contributed by atoms with van der Waals surface area (Å²) in [5, 5.41) is 3.31. The van der Waals surface area contributed by atoms with E-state index < -0.39 is 0 Å². The molecular weight excluding hydrogens is 226 g/mol. The quantitative estimate of drug-likeness (QED) is 0.815. The highest BCUT2D eigenvalue weighted by Crippen LogP contribution is 2.19. The molecular formula is C15H23NO2. The Morgan fingerprint density at radius 2 is 2.00 bits per heavy atom. The number of benzene rings is 1. The molecule has 100 valence electrons. The Kier molecular flexibility index (Phi) is 4.91. The minimum Gasteiger partial charge on any atom is -0.496 e. The van der Waals surface area contributed by atoms with Gasteiger partial charge in [0, 0.05) is 24.1 Å². The zero-order chi connectivity index (χ0) is 13.8. The van der Waals surface area contributed by atoms with Crippen LogP contribution in [0, 0.1) is 6.92 Å². The van der Waals surface area contributed by atoms with E-state index in [1.54, 1.807) is 7.11 Å².